The monoisotopic (exact) mass is 315 g/mol. The zero-order chi connectivity index (χ0) is 16.8. The molecule has 0 aliphatic heterocycles. The number of urea groups is 1. The SMILES string of the molecule is CC(C#Cc1ccc(Oc2ccc(F)cc2)nc1)N(O)C(N)=O. The number of hydrogen-bond donors (Lipinski definition) is 2. The minimum Gasteiger partial charge on any atom is -0.439 e. The number of pyridine rings is 1. The van der Waals surface area contributed by atoms with E-state index in [4.69, 9.17) is 10.5 Å². The van der Waals surface area contributed by atoms with Crippen molar-refractivity contribution in [2.45, 2.75) is 13.0 Å². The van der Waals surface area contributed by atoms with Gasteiger partial charge in [-0.2, -0.15) is 5.06 Å². The van der Waals surface area contributed by atoms with Crippen LogP contribution in [0.1, 0.15) is 12.5 Å². The summed E-state index contributed by atoms with van der Waals surface area (Å²) in [5, 5.41) is 9.63. The van der Waals surface area contributed by atoms with Crippen molar-refractivity contribution in [2.75, 3.05) is 0 Å². The van der Waals surface area contributed by atoms with E-state index in [9.17, 15) is 14.4 Å². The number of nitrogens with two attached hydrogens (primary N) is 1. The molecule has 2 rings (SSSR count). The van der Waals surface area contributed by atoms with Gasteiger partial charge in [0.05, 0.1) is 0 Å². The minimum atomic E-state index is -0.979. The van der Waals surface area contributed by atoms with Crippen LogP contribution in [-0.4, -0.2) is 27.3 Å². The van der Waals surface area contributed by atoms with Crippen molar-refractivity contribution in [2.24, 2.45) is 5.73 Å². The van der Waals surface area contributed by atoms with Gasteiger partial charge in [0.25, 0.3) is 0 Å². The Morgan fingerprint density at radius 3 is 2.61 bits per heavy atom. The first-order chi connectivity index (χ1) is 11.0. The average Bonchev–Trinajstić information content (AvgIpc) is 2.55. The molecule has 118 valence electrons. The Balaban J connectivity index is 2.02. The van der Waals surface area contributed by atoms with Crippen LogP contribution in [0.25, 0.3) is 0 Å². The largest absolute Gasteiger partial charge is 0.439 e. The fraction of sp³-hybridized carbons (Fsp3) is 0.125. The summed E-state index contributed by atoms with van der Waals surface area (Å²) in [7, 11) is 0. The van der Waals surface area contributed by atoms with E-state index < -0.39 is 12.1 Å². The van der Waals surface area contributed by atoms with Crippen LogP contribution in [0, 0.1) is 17.7 Å². The van der Waals surface area contributed by atoms with Crippen LogP contribution in [-0.2, 0) is 0 Å². The predicted molar refractivity (Wildman–Crippen MR) is 80.3 cm³/mol. The first-order valence-electron chi connectivity index (χ1n) is 6.64. The molecule has 1 aromatic carbocycles. The van der Waals surface area contributed by atoms with Gasteiger partial charge in [-0.15, -0.1) is 0 Å². The lowest BCUT2D eigenvalue weighted by Gasteiger charge is -2.14. The second-order valence-electron chi connectivity index (χ2n) is 4.57. The maximum Gasteiger partial charge on any atom is 0.339 e. The maximum absolute atomic E-state index is 12.8. The lowest BCUT2D eigenvalue weighted by molar-refractivity contribution is -0.0536. The van der Waals surface area contributed by atoms with E-state index in [0.717, 1.165) is 0 Å². The number of nitrogens with zero attached hydrogens (tertiary/aromatic N) is 2. The summed E-state index contributed by atoms with van der Waals surface area (Å²) in [5.41, 5.74) is 5.50. The van der Waals surface area contributed by atoms with E-state index in [0.29, 0.717) is 22.3 Å². The molecule has 0 saturated carbocycles. The van der Waals surface area contributed by atoms with Crippen LogP contribution in [0.2, 0.25) is 0 Å². The van der Waals surface area contributed by atoms with Gasteiger partial charge >= 0.3 is 6.03 Å². The molecule has 23 heavy (non-hydrogen) atoms. The number of amides is 2. The summed E-state index contributed by atoms with van der Waals surface area (Å²) < 4.78 is 18.2. The van der Waals surface area contributed by atoms with Gasteiger partial charge in [-0.1, -0.05) is 11.8 Å². The molecule has 2 aromatic rings. The van der Waals surface area contributed by atoms with Crippen molar-refractivity contribution in [1.29, 1.82) is 0 Å². The molecule has 6 nitrogen and oxygen atoms in total. The van der Waals surface area contributed by atoms with E-state index >= 15 is 0 Å². The zero-order valence-electron chi connectivity index (χ0n) is 12.2. The lowest BCUT2D eigenvalue weighted by Crippen LogP contribution is -2.38. The number of hydrogen-bond acceptors (Lipinski definition) is 4. The molecular formula is C16H14FN3O3. The van der Waals surface area contributed by atoms with Crippen LogP contribution in [0.5, 0.6) is 11.6 Å². The summed E-state index contributed by atoms with van der Waals surface area (Å²) in [6.07, 6.45) is 1.48. The summed E-state index contributed by atoms with van der Waals surface area (Å²) in [6, 6.07) is 7.10. The highest BCUT2D eigenvalue weighted by Gasteiger charge is 2.11. The van der Waals surface area contributed by atoms with Gasteiger partial charge in [0.15, 0.2) is 0 Å². The molecule has 0 aliphatic rings. The third kappa shape index (κ3) is 4.69. The number of aromatic nitrogens is 1. The molecule has 1 atom stereocenters. The molecule has 0 bridgehead atoms. The quantitative estimate of drug-likeness (QED) is 0.517. The molecule has 1 heterocycles. The van der Waals surface area contributed by atoms with Crippen LogP contribution in [0.4, 0.5) is 9.18 Å². The second-order valence-corrected chi connectivity index (χ2v) is 4.57. The van der Waals surface area contributed by atoms with Crippen LogP contribution >= 0.6 is 0 Å². The van der Waals surface area contributed by atoms with Gasteiger partial charge in [-0.25, -0.2) is 14.2 Å². The highest BCUT2D eigenvalue weighted by Crippen LogP contribution is 2.19. The Hall–Kier alpha value is -3.11. The predicted octanol–water partition coefficient (Wildman–Crippen LogP) is 2.52. The topological polar surface area (TPSA) is 88.7 Å². The number of rotatable bonds is 3. The number of halogens is 1. The van der Waals surface area contributed by atoms with Crippen LogP contribution < -0.4 is 10.5 Å². The third-order valence-electron chi connectivity index (χ3n) is 2.79. The first-order valence-corrected chi connectivity index (χ1v) is 6.64. The molecule has 1 unspecified atom stereocenters. The van der Waals surface area contributed by atoms with E-state index in [1.807, 2.05) is 0 Å². The van der Waals surface area contributed by atoms with Gasteiger partial charge in [-0.3, -0.25) is 5.21 Å². The van der Waals surface area contributed by atoms with Gasteiger partial charge < -0.3 is 10.5 Å². The molecule has 0 spiro atoms. The van der Waals surface area contributed by atoms with E-state index in [1.54, 1.807) is 12.1 Å². The minimum absolute atomic E-state index is 0.330. The van der Waals surface area contributed by atoms with E-state index in [2.05, 4.69) is 16.8 Å². The third-order valence-corrected chi connectivity index (χ3v) is 2.79. The maximum atomic E-state index is 12.8. The van der Waals surface area contributed by atoms with E-state index in [-0.39, 0.29) is 5.82 Å². The Morgan fingerprint density at radius 2 is 2.04 bits per heavy atom. The Bertz CT molecular complexity index is 736. The number of benzene rings is 1. The number of carbonyl (C=O) groups is 1. The van der Waals surface area contributed by atoms with Crippen molar-refractivity contribution in [1.82, 2.24) is 10.0 Å². The fourth-order valence-electron chi connectivity index (χ4n) is 1.58. The summed E-state index contributed by atoms with van der Waals surface area (Å²) in [4.78, 5) is 14.8. The van der Waals surface area contributed by atoms with Gasteiger partial charge in [-0.05, 0) is 37.3 Å². The number of carbonyl (C=O) groups excluding carboxylic acids is 1. The fourth-order valence-corrected chi connectivity index (χ4v) is 1.58. The molecule has 0 radical (unpaired) electrons. The summed E-state index contributed by atoms with van der Waals surface area (Å²) in [6.45, 7) is 1.53. The molecule has 7 heteroatoms. The van der Waals surface area contributed by atoms with Crippen molar-refractivity contribution in [3.05, 3.63) is 54.0 Å². The van der Waals surface area contributed by atoms with Gasteiger partial charge in [0.1, 0.15) is 17.6 Å². The normalized spacial score (nSPS) is 11.1. The van der Waals surface area contributed by atoms with Gasteiger partial charge in [0.2, 0.25) is 5.88 Å². The highest BCUT2D eigenvalue weighted by molar-refractivity contribution is 5.71. The number of ether oxygens (including phenoxy) is 1. The molecular weight excluding hydrogens is 301 g/mol. The summed E-state index contributed by atoms with van der Waals surface area (Å²) in [5.74, 6) is 5.85. The van der Waals surface area contributed by atoms with E-state index in [1.165, 1.54) is 37.4 Å². The Kier molecular flexibility index (Phi) is 5.12. The van der Waals surface area contributed by atoms with Crippen molar-refractivity contribution in [3.8, 4) is 23.5 Å². The van der Waals surface area contributed by atoms with Crippen LogP contribution in [0.3, 0.4) is 0 Å². The highest BCUT2D eigenvalue weighted by atomic mass is 19.1. The number of primary amides is 1. The first kappa shape index (κ1) is 16.3. The summed E-state index contributed by atoms with van der Waals surface area (Å²) >= 11 is 0. The van der Waals surface area contributed by atoms with Crippen LogP contribution in [0.15, 0.2) is 42.6 Å². The zero-order valence-corrected chi connectivity index (χ0v) is 12.2. The average molecular weight is 315 g/mol. The molecule has 1 aromatic heterocycles. The molecule has 3 N–H and O–H groups in total. The Morgan fingerprint density at radius 1 is 1.35 bits per heavy atom. The molecule has 0 saturated heterocycles. The van der Waals surface area contributed by atoms with Crippen molar-refractivity contribution < 1.29 is 19.1 Å². The molecule has 0 aliphatic carbocycles. The smallest absolute Gasteiger partial charge is 0.339 e. The second kappa shape index (κ2) is 7.24. The molecule has 0 fully saturated rings. The van der Waals surface area contributed by atoms with Crippen molar-refractivity contribution >= 4 is 6.03 Å². The van der Waals surface area contributed by atoms with Gasteiger partial charge in [0, 0.05) is 17.8 Å². The standard InChI is InChI=1S/C16H14FN3O3/c1-11(20(22)16(18)21)2-3-12-4-9-15(19-10-12)23-14-7-5-13(17)6-8-14/h4-11,22H,1H3,(H2,18,21). The lowest BCUT2D eigenvalue weighted by atomic mass is 10.2. The number of hydroxylamine groups is 2. The molecule has 2 amide bonds. The Labute approximate surface area is 132 Å². The van der Waals surface area contributed by atoms with Crippen molar-refractivity contribution in [3.63, 3.8) is 0 Å².